The molecule has 152 valence electrons. The van der Waals surface area contributed by atoms with Gasteiger partial charge in [0.05, 0.1) is 17.9 Å². The van der Waals surface area contributed by atoms with E-state index in [1.54, 1.807) is 6.20 Å². The lowest BCUT2D eigenvalue weighted by atomic mass is 10.0. The standard InChI is InChI=1S/C23H24N6O/c1-2-23(30)26-19-8-9-20(13-19)29-21(14-25-27-29)17-5-3-16(4-6-17)18-7-10-22-24-11-12-28(22)15-18/h3-7,10-12,14-15,19-20H,2,8-9,13H2,1H3,(H,26,30). The summed E-state index contributed by atoms with van der Waals surface area (Å²) in [5, 5.41) is 11.6. The predicted octanol–water partition coefficient (Wildman–Crippen LogP) is 3.88. The van der Waals surface area contributed by atoms with Crippen LogP contribution in [-0.4, -0.2) is 36.3 Å². The molecule has 1 fully saturated rings. The average Bonchev–Trinajstić information content (AvgIpc) is 3.53. The summed E-state index contributed by atoms with van der Waals surface area (Å²) >= 11 is 0. The fraction of sp³-hybridized carbons (Fsp3) is 0.304. The summed E-state index contributed by atoms with van der Waals surface area (Å²) in [6, 6.07) is 13.1. The third-order valence-corrected chi connectivity index (χ3v) is 5.91. The first-order valence-corrected chi connectivity index (χ1v) is 10.4. The number of aromatic nitrogens is 5. The van der Waals surface area contributed by atoms with Gasteiger partial charge >= 0.3 is 0 Å². The molecule has 2 atom stereocenters. The van der Waals surface area contributed by atoms with Crippen LogP contribution >= 0.6 is 0 Å². The molecule has 4 aromatic rings. The monoisotopic (exact) mass is 400 g/mol. The van der Waals surface area contributed by atoms with Crippen molar-refractivity contribution in [1.29, 1.82) is 0 Å². The Bertz CT molecular complexity index is 1180. The Morgan fingerprint density at radius 2 is 1.90 bits per heavy atom. The molecule has 1 N–H and O–H groups in total. The first-order valence-electron chi connectivity index (χ1n) is 10.4. The van der Waals surface area contributed by atoms with Gasteiger partial charge in [-0.2, -0.15) is 0 Å². The Kier molecular flexibility index (Phi) is 4.78. The molecule has 3 aromatic heterocycles. The highest BCUT2D eigenvalue weighted by Gasteiger charge is 2.29. The van der Waals surface area contributed by atoms with Crippen LogP contribution in [0.15, 0.2) is 61.2 Å². The summed E-state index contributed by atoms with van der Waals surface area (Å²) in [5.41, 5.74) is 5.34. The van der Waals surface area contributed by atoms with Crippen molar-refractivity contribution in [2.24, 2.45) is 0 Å². The second kappa shape index (κ2) is 7.74. The number of benzene rings is 1. The van der Waals surface area contributed by atoms with Crippen LogP contribution in [0.3, 0.4) is 0 Å². The zero-order valence-electron chi connectivity index (χ0n) is 16.9. The normalized spacial score (nSPS) is 18.7. The van der Waals surface area contributed by atoms with E-state index in [1.165, 1.54) is 0 Å². The molecule has 7 nitrogen and oxygen atoms in total. The minimum Gasteiger partial charge on any atom is -0.353 e. The molecule has 5 rings (SSSR count). The van der Waals surface area contributed by atoms with Gasteiger partial charge in [0.2, 0.25) is 5.91 Å². The van der Waals surface area contributed by atoms with Crippen LogP contribution in [0.1, 0.15) is 38.6 Å². The largest absolute Gasteiger partial charge is 0.353 e. The number of imidazole rings is 1. The van der Waals surface area contributed by atoms with Crippen LogP contribution in [0.2, 0.25) is 0 Å². The van der Waals surface area contributed by atoms with E-state index < -0.39 is 0 Å². The van der Waals surface area contributed by atoms with E-state index in [2.05, 4.69) is 57.1 Å². The van der Waals surface area contributed by atoms with Crippen molar-refractivity contribution in [2.75, 3.05) is 0 Å². The lowest BCUT2D eigenvalue weighted by Crippen LogP contribution is -2.32. The molecule has 1 saturated carbocycles. The van der Waals surface area contributed by atoms with E-state index in [4.69, 9.17) is 0 Å². The Balaban J connectivity index is 1.36. The summed E-state index contributed by atoms with van der Waals surface area (Å²) in [5.74, 6) is 0.115. The fourth-order valence-electron chi connectivity index (χ4n) is 4.28. The van der Waals surface area contributed by atoms with Gasteiger partial charge in [0, 0.05) is 36.6 Å². The maximum atomic E-state index is 11.7. The maximum Gasteiger partial charge on any atom is 0.219 e. The highest BCUT2D eigenvalue weighted by Crippen LogP contribution is 2.33. The zero-order valence-corrected chi connectivity index (χ0v) is 16.9. The van der Waals surface area contributed by atoms with E-state index in [0.717, 1.165) is 47.3 Å². The lowest BCUT2D eigenvalue weighted by molar-refractivity contribution is -0.121. The molecule has 0 spiro atoms. The molecule has 1 aromatic carbocycles. The molecule has 2 unspecified atom stereocenters. The van der Waals surface area contributed by atoms with Crippen molar-refractivity contribution in [1.82, 2.24) is 29.7 Å². The maximum absolute atomic E-state index is 11.7. The van der Waals surface area contributed by atoms with E-state index in [9.17, 15) is 4.79 Å². The molecule has 0 aliphatic heterocycles. The fourth-order valence-corrected chi connectivity index (χ4v) is 4.28. The summed E-state index contributed by atoms with van der Waals surface area (Å²) in [6.45, 7) is 1.88. The summed E-state index contributed by atoms with van der Waals surface area (Å²) in [4.78, 5) is 16.0. The molecule has 0 radical (unpaired) electrons. The minimum absolute atomic E-state index is 0.115. The first-order chi connectivity index (χ1) is 14.7. The quantitative estimate of drug-likeness (QED) is 0.552. The second-order valence-electron chi connectivity index (χ2n) is 7.84. The zero-order chi connectivity index (χ0) is 20.5. The third-order valence-electron chi connectivity index (χ3n) is 5.91. The SMILES string of the molecule is CCC(=O)NC1CCC(n2nncc2-c2ccc(-c3ccc4nccn4c3)cc2)C1. The number of nitrogens with zero attached hydrogens (tertiary/aromatic N) is 5. The predicted molar refractivity (Wildman–Crippen MR) is 115 cm³/mol. The van der Waals surface area contributed by atoms with Crippen LogP contribution in [-0.2, 0) is 4.79 Å². The smallest absolute Gasteiger partial charge is 0.219 e. The highest BCUT2D eigenvalue weighted by atomic mass is 16.1. The molecule has 0 bridgehead atoms. The number of hydrogen-bond acceptors (Lipinski definition) is 4. The van der Waals surface area contributed by atoms with Crippen molar-refractivity contribution in [3.63, 3.8) is 0 Å². The van der Waals surface area contributed by atoms with Crippen molar-refractivity contribution < 1.29 is 4.79 Å². The van der Waals surface area contributed by atoms with Gasteiger partial charge < -0.3 is 9.72 Å². The molecular formula is C23H24N6O. The molecular weight excluding hydrogens is 376 g/mol. The Labute approximate surface area is 174 Å². The Morgan fingerprint density at radius 3 is 2.73 bits per heavy atom. The van der Waals surface area contributed by atoms with Crippen molar-refractivity contribution in [2.45, 2.75) is 44.7 Å². The van der Waals surface area contributed by atoms with Gasteiger partial charge in [0.25, 0.3) is 0 Å². The van der Waals surface area contributed by atoms with Gasteiger partial charge in [0.15, 0.2) is 0 Å². The Hall–Kier alpha value is -3.48. The molecule has 1 aliphatic carbocycles. The van der Waals surface area contributed by atoms with Crippen LogP contribution in [0.5, 0.6) is 0 Å². The summed E-state index contributed by atoms with van der Waals surface area (Å²) in [6.07, 6.45) is 11.1. The van der Waals surface area contributed by atoms with Crippen LogP contribution in [0, 0.1) is 0 Å². The summed E-state index contributed by atoms with van der Waals surface area (Å²) < 4.78 is 4.04. The molecule has 0 saturated heterocycles. The number of rotatable bonds is 5. The number of pyridine rings is 1. The van der Waals surface area contributed by atoms with Crippen LogP contribution in [0.4, 0.5) is 0 Å². The number of carbonyl (C=O) groups is 1. The Morgan fingerprint density at radius 1 is 1.10 bits per heavy atom. The van der Waals surface area contributed by atoms with Crippen LogP contribution < -0.4 is 5.32 Å². The minimum atomic E-state index is 0.115. The topological polar surface area (TPSA) is 77.1 Å². The number of hydrogen-bond donors (Lipinski definition) is 1. The number of nitrogens with one attached hydrogen (secondary N) is 1. The van der Waals surface area contributed by atoms with Gasteiger partial charge in [-0.15, -0.1) is 5.10 Å². The van der Waals surface area contributed by atoms with Gasteiger partial charge in [-0.1, -0.05) is 36.4 Å². The first kappa shape index (κ1) is 18.5. The van der Waals surface area contributed by atoms with Crippen molar-refractivity contribution >= 4 is 11.6 Å². The molecule has 7 heteroatoms. The molecule has 30 heavy (non-hydrogen) atoms. The van der Waals surface area contributed by atoms with Gasteiger partial charge in [-0.05, 0) is 42.5 Å². The highest BCUT2D eigenvalue weighted by molar-refractivity contribution is 5.75. The molecule has 1 aliphatic rings. The van der Waals surface area contributed by atoms with E-state index >= 15 is 0 Å². The van der Waals surface area contributed by atoms with Gasteiger partial charge in [-0.3, -0.25) is 4.79 Å². The van der Waals surface area contributed by atoms with E-state index in [0.29, 0.717) is 6.42 Å². The third kappa shape index (κ3) is 3.47. The van der Waals surface area contributed by atoms with Crippen molar-refractivity contribution in [3.8, 4) is 22.4 Å². The van der Waals surface area contributed by atoms with E-state index in [1.807, 2.05) is 34.5 Å². The molecule has 1 amide bonds. The number of amides is 1. The molecule has 3 heterocycles. The van der Waals surface area contributed by atoms with Crippen LogP contribution in [0.25, 0.3) is 28.0 Å². The lowest BCUT2D eigenvalue weighted by Gasteiger charge is -2.15. The number of fused-ring (bicyclic) bond motifs is 1. The summed E-state index contributed by atoms with van der Waals surface area (Å²) in [7, 11) is 0. The average molecular weight is 400 g/mol. The number of carbonyl (C=O) groups excluding carboxylic acids is 1. The second-order valence-corrected chi connectivity index (χ2v) is 7.84. The van der Waals surface area contributed by atoms with Crippen molar-refractivity contribution in [3.05, 3.63) is 61.2 Å². The van der Waals surface area contributed by atoms with E-state index in [-0.39, 0.29) is 18.0 Å². The van der Waals surface area contributed by atoms with Gasteiger partial charge in [-0.25, -0.2) is 9.67 Å². The van der Waals surface area contributed by atoms with Gasteiger partial charge in [0.1, 0.15) is 5.65 Å².